The van der Waals surface area contributed by atoms with Crippen LogP contribution >= 0.6 is 0 Å². The van der Waals surface area contributed by atoms with E-state index in [0.29, 0.717) is 18.9 Å². The highest BCUT2D eigenvalue weighted by molar-refractivity contribution is 5.44. The summed E-state index contributed by atoms with van der Waals surface area (Å²) in [6, 6.07) is 11.9. The molecule has 0 bridgehead atoms. The fourth-order valence-electron chi connectivity index (χ4n) is 2.73. The minimum Gasteiger partial charge on any atom is -0.493 e. The van der Waals surface area contributed by atoms with Gasteiger partial charge in [-0.1, -0.05) is 18.2 Å². The number of benzene rings is 1. The maximum absolute atomic E-state index is 9.19. The van der Waals surface area contributed by atoms with Crippen LogP contribution in [0.2, 0.25) is 0 Å². The standard InChI is InChI=1S/C17H19N3O2/c1-13-17(20-10-5-6-14(20)12-18)22-16(19-13)9-11-21-15-7-3-2-4-8-15/h2-4,7-8,14H,5-6,9-11H2,1H3. The third-order valence-corrected chi connectivity index (χ3v) is 3.81. The summed E-state index contributed by atoms with van der Waals surface area (Å²) in [7, 11) is 0. The molecule has 1 unspecified atom stereocenters. The monoisotopic (exact) mass is 297 g/mol. The summed E-state index contributed by atoms with van der Waals surface area (Å²) in [6.45, 7) is 3.30. The zero-order valence-electron chi connectivity index (χ0n) is 12.7. The van der Waals surface area contributed by atoms with E-state index in [9.17, 15) is 5.26 Å². The van der Waals surface area contributed by atoms with Crippen molar-refractivity contribution in [3.63, 3.8) is 0 Å². The maximum Gasteiger partial charge on any atom is 0.220 e. The summed E-state index contributed by atoms with van der Waals surface area (Å²) in [5.74, 6) is 2.24. The molecule has 5 nitrogen and oxygen atoms in total. The van der Waals surface area contributed by atoms with E-state index in [1.807, 2.05) is 42.2 Å². The summed E-state index contributed by atoms with van der Waals surface area (Å²) in [5.41, 5.74) is 0.844. The van der Waals surface area contributed by atoms with Crippen molar-refractivity contribution in [1.29, 1.82) is 5.26 Å². The average Bonchev–Trinajstić information content (AvgIpc) is 3.14. The van der Waals surface area contributed by atoms with Gasteiger partial charge in [-0.05, 0) is 31.9 Å². The van der Waals surface area contributed by atoms with Crippen LogP contribution in [-0.2, 0) is 6.42 Å². The predicted molar refractivity (Wildman–Crippen MR) is 82.9 cm³/mol. The third kappa shape index (κ3) is 3.06. The van der Waals surface area contributed by atoms with Gasteiger partial charge in [-0.15, -0.1) is 0 Å². The summed E-state index contributed by atoms with van der Waals surface area (Å²) in [4.78, 5) is 6.48. The summed E-state index contributed by atoms with van der Waals surface area (Å²) >= 11 is 0. The van der Waals surface area contributed by atoms with Gasteiger partial charge in [0.1, 0.15) is 17.5 Å². The lowest BCUT2D eigenvalue weighted by molar-refractivity contribution is 0.306. The number of anilines is 1. The van der Waals surface area contributed by atoms with E-state index in [1.165, 1.54) is 0 Å². The molecule has 1 aliphatic rings. The predicted octanol–water partition coefficient (Wildman–Crippen LogP) is 3.10. The number of nitriles is 1. The molecule has 1 atom stereocenters. The molecule has 1 fully saturated rings. The Labute approximate surface area is 130 Å². The first-order valence-electron chi connectivity index (χ1n) is 7.58. The highest BCUT2D eigenvalue weighted by Crippen LogP contribution is 2.29. The second kappa shape index (κ2) is 6.52. The Hall–Kier alpha value is -2.48. The van der Waals surface area contributed by atoms with E-state index in [4.69, 9.17) is 9.15 Å². The van der Waals surface area contributed by atoms with Gasteiger partial charge < -0.3 is 14.1 Å². The molecule has 0 aliphatic carbocycles. The first kappa shape index (κ1) is 14.5. The Morgan fingerprint density at radius 3 is 3.00 bits per heavy atom. The van der Waals surface area contributed by atoms with E-state index >= 15 is 0 Å². The van der Waals surface area contributed by atoms with Gasteiger partial charge in [-0.25, -0.2) is 4.98 Å². The molecule has 2 aromatic rings. The highest BCUT2D eigenvalue weighted by atomic mass is 16.5. The first-order valence-corrected chi connectivity index (χ1v) is 7.58. The molecule has 1 saturated heterocycles. The maximum atomic E-state index is 9.19. The second-order valence-corrected chi connectivity index (χ2v) is 5.39. The zero-order chi connectivity index (χ0) is 15.4. The molecule has 0 amide bonds. The van der Waals surface area contributed by atoms with Gasteiger partial charge in [0.25, 0.3) is 0 Å². The zero-order valence-corrected chi connectivity index (χ0v) is 12.7. The normalized spacial score (nSPS) is 17.5. The van der Waals surface area contributed by atoms with Crippen LogP contribution < -0.4 is 9.64 Å². The van der Waals surface area contributed by atoms with Gasteiger partial charge in [-0.2, -0.15) is 5.26 Å². The van der Waals surface area contributed by atoms with E-state index in [0.717, 1.165) is 36.7 Å². The van der Waals surface area contributed by atoms with Crippen LogP contribution in [0.4, 0.5) is 5.88 Å². The van der Waals surface area contributed by atoms with Crippen LogP contribution in [0.15, 0.2) is 34.7 Å². The highest BCUT2D eigenvalue weighted by Gasteiger charge is 2.28. The fourth-order valence-corrected chi connectivity index (χ4v) is 2.73. The van der Waals surface area contributed by atoms with Crippen LogP contribution in [0, 0.1) is 18.3 Å². The molecule has 1 aromatic heterocycles. The van der Waals surface area contributed by atoms with Gasteiger partial charge in [-0.3, -0.25) is 0 Å². The van der Waals surface area contributed by atoms with Crippen molar-refractivity contribution >= 4 is 5.88 Å². The number of rotatable bonds is 5. The topological polar surface area (TPSA) is 62.3 Å². The lowest BCUT2D eigenvalue weighted by Crippen LogP contribution is -2.27. The molecule has 1 aromatic carbocycles. The Bertz CT molecular complexity index is 660. The van der Waals surface area contributed by atoms with Crippen LogP contribution in [0.25, 0.3) is 0 Å². The third-order valence-electron chi connectivity index (χ3n) is 3.81. The number of hydrogen-bond donors (Lipinski definition) is 0. The van der Waals surface area contributed by atoms with Crippen LogP contribution in [0.3, 0.4) is 0 Å². The minimum atomic E-state index is -0.0972. The van der Waals surface area contributed by atoms with Crippen molar-refractivity contribution in [3.8, 4) is 11.8 Å². The van der Waals surface area contributed by atoms with Gasteiger partial charge in [0.2, 0.25) is 11.8 Å². The fraction of sp³-hybridized carbons (Fsp3) is 0.412. The molecule has 0 saturated carbocycles. The van der Waals surface area contributed by atoms with Crippen molar-refractivity contribution < 1.29 is 9.15 Å². The van der Waals surface area contributed by atoms with Crippen molar-refractivity contribution in [2.75, 3.05) is 18.1 Å². The number of nitrogens with zero attached hydrogens (tertiary/aromatic N) is 3. The van der Waals surface area contributed by atoms with Crippen LogP contribution in [0.1, 0.15) is 24.4 Å². The lowest BCUT2D eigenvalue weighted by Gasteiger charge is -2.18. The average molecular weight is 297 g/mol. The van der Waals surface area contributed by atoms with E-state index in [1.54, 1.807) is 0 Å². The number of aryl methyl sites for hydroxylation is 1. The lowest BCUT2D eigenvalue weighted by atomic mass is 10.2. The number of hydrogen-bond acceptors (Lipinski definition) is 5. The molecule has 22 heavy (non-hydrogen) atoms. The van der Waals surface area contributed by atoms with Crippen LogP contribution in [-0.4, -0.2) is 24.2 Å². The van der Waals surface area contributed by atoms with Crippen LogP contribution in [0.5, 0.6) is 5.75 Å². The molecule has 2 heterocycles. The smallest absolute Gasteiger partial charge is 0.220 e. The summed E-state index contributed by atoms with van der Waals surface area (Å²) in [5, 5.41) is 9.19. The van der Waals surface area contributed by atoms with Crippen molar-refractivity contribution in [3.05, 3.63) is 41.9 Å². The van der Waals surface area contributed by atoms with Gasteiger partial charge in [0.05, 0.1) is 19.1 Å². The minimum absolute atomic E-state index is 0.0972. The molecule has 114 valence electrons. The summed E-state index contributed by atoms with van der Waals surface area (Å²) in [6.07, 6.45) is 2.52. The van der Waals surface area contributed by atoms with Crippen molar-refractivity contribution in [1.82, 2.24) is 4.98 Å². The molecular formula is C17H19N3O2. The number of para-hydroxylation sites is 1. The molecule has 0 radical (unpaired) electrons. The second-order valence-electron chi connectivity index (χ2n) is 5.39. The Balaban J connectivity index is 1.62. The molecule has 3 rings (SSSR count). The summed E-state index contributed by atoms with van der Waals surface area (Å²) < 4.78 is 11.5. The van der Waals surface area contributed by atoms with Gasteiger partial charge in [0, 0.05) is 6.54 Å². The van der Waals surface area contributed by atoms with Gasteiger partial charge in [0.15, 0.2) is 0 Å². The Morgan fingerprint density at radius 2 is 2.23 bits per heavy atom. The number of aromatic nitrogens is 1. The SMILES string of the molecule is Cc1nc(CCOc2ccccc2)oc1N1CCCC1C#N. The van der Waals surface area contributed by atoms with Crippen molar-refractivity contribution in [2.45, 2.75) is 32.2 Å². The number of oxazole rings is 1. The van der Waals surface area contributed by atoms with Gasteiger partial charge >= 0.3 is 0 Å². The molecule has 5 heteroatoms. The quantitative estimate of drug-likeness (QED) is 0.848. The first-order chi connectivity index (χ1) is 10.8. The van der Waals surface area contributed by atoms with E-state index < -0.39 is 0 Å². The molecule has 1 aliphatic heterocycles. The Kier molecular flexibility index (Phi) is 4.29. The van der Waals surface area contributed by atoms with E-state index in [2.05, 4.69) is 11.1 Å². The molecule has 0 N–H and O–H groups in total. The van der Waals surface area contributed by atoms with E-state index in [-0.39, 0.29) is 6.04 Å². The molecular weight excluding hydrogens is 278 g/mol. The largest absolute Gasteiger partial charge is 0.493 e. The molecule has 0 spiro atoms. The van der Waals surface area contributed by atoms with Crippen molar-refractivity contribution in [2.24, 2.45) is 0 Å². The Morgan fingerprint density at radius 1 is 1.41 bits per heavy atom. The number of ether oxygens (including phenoxy) is 1.